The van der Waals surface area contributed by atoms with Crippen LogP contribution in [0.1, 0.15) is 11.1 Å². The summed E-state index contributed by atoms with van der Waals surface area (Å²) in [5.74, 6) is -0.358. The van der Waals surface area contributed by atoms with Crippen molar-refractivity contribution in [3.05, 3.63) is 70.8 Å². The minimum absolute atomic E-state index is 0.0115. The number of aromatic nitrogens is 3. The van der Waals surface area contributed by atoms with Crippen molar-refractivity contribution in [2.75, 3.05) is 16.5 Å². The fourth-order valence-electron chi connectivity index (χ4n) is 2.37. The number of hydrogen-bond acceptors (Lipinski definition) is 6. The van der Waals surface area contributed by atoms with Gasteiger partial charge < -0.3 is 5.32 Å². The molecule has 7 nitrogen and oxygen atoms in total. The predicted molar refractivity (Wildman–Crippen MR) is 120 cm³/mol. The maximum absolute atomic E-state index is 12.9. The lowest BCUT2D eigenvalue weighted by atomic mass is 10.2. The Morgan fingerprint density at radius 3 is 2.75 bits per heavy atom. The highest BCUT2D eigenvalue weighted by molar-refractivity contribution is 7.99. The predicted octanol–water partition coefficient (Wildman–Crippen LogP) is 5.32. The number of carbonyl (C=O) groups excluding carboxylic acids is 1. The number of benzene rings is 2. The molecule has 0 fully saturated rings. The summed E-state index contributed by atoms with van der Waals surface area (Å²) in [5.41, 5.74) is 2.66. The van der Waals surface area contributed by atoms with Gasteiger partial charge in [-0.15, -0.1) is 5.10 Å². The molecule has 0 spiro atoms. The van der Waals surface area contributed by atoms with E-state index in [0.717, 1.165) is 29.5 Å². The normalized spacial score (nSPS) is 11.9. The van der Waals surface area contributed by atoms with Crippen molar-refractivity contribution in [1.82, 2.24) is 15.2 Å². The van der Waals surface area contributed by atoms with Crippen LogP contribution in [-0.4, -0.2) is 33.1 Å². The number of alkyl halides is 3. The first kappa shape index (κ1) is 23.4. The second kappa shape index (κ2) is 10.8. The number of hydrogen-bond donors (Lipinski definition) is 3. The van der Waals surface area contributed by atoms with Crippen LogP contribution in [-0.2, 0) is 11.0 Å². The van der Waals surface area contributed by atoms with Gasteiger partial charge in [0, 0.05) is 11.9 Å². The Balaban J connectivity index is 1.46. The summed E-state index contributed by atoms with van der Waals surface area (Å²) in [4.78, 5) is 16.1. The Morgan fingerprint density at radius 2 is 2.00 bits per heavy atom. The van der Waals surface area contributed by atoms with Crippen LogP contribution in [0.4, 0.5) is 24.8 Å². The lowest BCUT2D eigenvalue weighted by molar-refractivity contribution is -0.137. The maximum atomic E-state index is 12.9. The van der Waals surface area contributed by atoms with E-state index in [1.807, 2.05) is 36.4 Å². The first-order chi connectivity index (χ1) is 15.3. The fraction of sp³-hybridized carbons (Fsp3) is 0.100. The summed E-state index contributed by atoms with van der Waals surface area (Å²) < 4.78 is 38.7. The zero-order valence-corrected chi connectivity index (χ0v) is 17.8. The van der Waals surface area contributed by atoms with E-state index < -0.39 is 22.7 Å². The smallest absolute Gasteiger partial charge is 0.325 e. The third kappa shape index (κ3) is 7.13. The Kier molecular flexibility index (Phi) is 7.90. The number of nitrogens with zero attached hydrogens (tertiary/aromatic N) is 3. The monoisotopic (exact) mass is 480 g/mol. The first-order valence-corrected chi connectivity index (χ1v) is 10.4. The number of thioether (sulfide) groups is 1. The lowest BCUT2D eigenvalue weighted by Crippen LogP contribution is -2.15. The molecule has 0 saturated carbocycles. The maximum Gasteiger partial charge on any atom is 0.417 e. The van der Waals surface area contributed by atoms with Crippen LogP contribution in [0.3, 0.4) is 0 Å². The minimum atomic E-state index is -4.62. The van der Waals surface area contributed by atoms with E-state index in [1.54, 1.807) is 6.08 Å². The number of allylic oxidation sites excluding steroid dienone is 1. The van der Waals surface area contributed by atoms with E-state index >= 15 is 0 Å². The molecule has 0 radical (unpaired) electrons. The molecule has 12 heteroatoms. The van der Waals surface area contributed by atoms with Crippen molar-refractivity contribution >= 4 is 53.2 Å². The Morgan fingerprint density at radius 1 is 1.22 bits per heavy atom. The molecule has 0 bridgehead atoms. The first-order valence-electron chi connectivity index (χ1n) is 9.04. The average molecular weight is 481 g/mol. The number of H-pyrrole nitrogens is 1. The molecule has 1 heterocycles. The van der Waals surface area contributed by atoms with Crippen molar-refractivity contribution in [2.45, 2.75) is 11.3 Å². The highest BCUT2D eigenvalue weighted by atomic mass is 35.5. The molecule has 0 aliphatic heterocycles. The fourth-order valence-corrected chi connectivity index (χ4v) is 3.19. The molecule has 0 saturated heterocycles. The van der Waals surface area contributed by atoms with Crippen LogP contribution in [0.2, 0.25) is 5.02 Å². The van der Waals surface area contributed by atoms with Crippen molar-refractivity contribution < 1.29 is 18.0 Å². The second-order valence-corrected chi connectivity index (χ2v) is 7.51. The van der Waals surface area contributed by atoms with Crippen LogP contribution in [0.15, 0.2) is 64.9 Å². The number of hydrazone groups is 1. The topological polar surface area (TPSA) is 95.1 Å². The summed E-state index contributed by atoms with van der Waals surface area (Å²) in [6.07, 6.45) is 0.551. The van der Waals surface area contributed by atoms with Crippen LogP contribution in [0.25, 0.3) is 6.08 Å². The summed E-state index contributed by atoms with van der Waals surface area (Å²) in [5, 5.41) is 12.7. The molecule has 0 unspecified atom stereocenters. The molecular weight excluding hydrogens is 465 g/mol. The standard InChI is InChI=1S/C20H16ClF3N6OS/c21-16-9-8-14(11-15(16)20(22,23)24)26-17(31)12-32-19-27-18(29-30-19)28-25-10-4-7-13-5-2-1-3-6-13/h1-11H,12H2,(H,26,31)(H2,27,28,29,30)/b7-4+,25-10-. The molecule has 3 aromatic rings. The van der Waals surface area contributed by atoms with Crippen LogP contribution in [0.5, 0.6) is 0 Å². The van der Waals surface area contributed by atoms with Crippen LogP contribution < -0.4 is 10.7 Å². The van der Waals surface area contributed by atoms with Gasteiger partial charge >= 0.3 is 6.18 Å². The Hall–Kier alpha value is -3.31. The summed E-state index contributed by atoms with van der Waals surface area (Å²) in [6, 6.07) is 12.8. The SMILES string of the molecule is O=C(CSc1n[nH]c(N/N=C\C=C\c2ccccc2)n1)Nc1ccc(Cl)c(C(F)(F)F)c1. The van der Waals surface area contributed by atoms with Crippen LogP contribution in [0, 0.1) is 0 Å². The number of nitrogens with one attached hydrogen (secondary N) is 3. The van der Waals surface area contributed by atoms with Gasteiger partial charge in [-0.05, 0) is 29.8 Å². The zero-order valence-electron chi connectivity index (χ0n) is 16.2. The molecule has 32 heavy (non-hydrogen) atoms. The summed E-state index contributed by atoms with van der Waals surface area (Å²) in [7, 11) is 0. The molecular formula is C20H16ClF3N6OS. The second-order valence-electron chi connectivity index (χ2n) is 6.16. The van der Waals surface area contributed by atoms with E-state index in [1.165, 1.54) is 12.3 Å². The molecule has 166 valence electrons. The third-order valence-corrected chi connectivity index (χ3v) is 4.95. The van der Waals surface area contributed by atoms with Gasteiger partial charge in [-0.3, -0.25) is 4.79 Å². The zero-order chi connectivity index (χ0) is 23.0. The van der Waals surface area contributed by atoms with E-state index in [0.29, 0.717) is 0 Å². The van der Waals surface area contributed by atoms with Gasteiger partial charge in [0.15, 0.2) is 0 Å². The highest BCUT2D eigenvalue weighted by Crippen LogP contribution is 2.36. The summed E-state index contributed by atoms with van der Waals surface area (Å²) in [6.45, 7) is 0. The third-order valence-electron chi connectivity index (χ3n) is 3.77. The summed E-state index contributed by atoms with van der Waals surface area (Å²) >= 11 is 6.57. The number of halogens is 4. The molecule has 1 amide bonds. The number of amides is 1. The van der Waals surface area contributed by atoms with E-state index in [4.69, 9.17) is 11.6 Å². The quantitative estimate of drug-likeness (QED) is 0.230. The molecule has 0 aliphatic rings. The average Bonchev–Trinajstić information content (AvgIpc) is 3.21. The van der Waals surface area contributed by atoms with Gasteiger partial charge in [-0.2, -0.15) is 23.3 Å². The van der Waals surface area contributed by atoms with Gasteiger partial charge in [0.05, 0.1) is 16.3 Å². The molecule has 3 rings (SSSR count). The van der Waals surface area contributed by atoms with Crippen molar-refractivity contribution in [3.63, 3.8) is 0 Å². The number of anilines is 2. The van der Waals surface area contributed by atoms with Gasteiger partial charge in [0.2, 0.25) is 17.0 Å². The van der Waals surface area contributed by atoms with E-state index in [9.17, 15) is 18.0 Å². The molecule has 2 aromatic carbocycles. The van der Waals surface area contributed by atoms with Gasteiger partial charge in [0.25, 0.3) is 0 Å². The van der Waals surface area contributed by atoms with E-state index in [2.05, 4.69) is 31.0 Å². The van der Waals surface area contributed by atoms with Crippen molar-refractivity contribution in [1.29, 1.82) is 0 Å². The van der Waals surface area contributed by atoms with Crippen molar-refractivity contribution in [2.24, 2.45) is 5.10 Å². The Bertz CT molecular complexity index is 1120. The Labute approximate surface area is 190 Å². The molecule has 0 aliphatic carbocycles. The largest absolute Gasteiger partial charge is 0.417 e. The number of carbonyl (C=O) groups is 1. The lowest BCUT2D eigenvalue weighted by Gasteiger charge is -2.11. The van der Waals surface area contributed by atoms with Gasteiger partial charge in [-0.1, -0.05) is 59.8 Å². The van der Waals surface area contributed by atoms with Gasteiger partial charge in [-0.25, -0.2) is 10.5 Å². The number of aromatic amines is 1. The van der Waals surface area contributed by atoms with E-state index in [-0.39, 0.29) is 22.5 Å². The van der Waals surface area contributed by atoms with Gasteiger partial charge in [0.1, 0.15) is 0 Å². The molecule has 3 N–H and O–H groups in total. The number of rotatable bonds is 8. The molecule has 1 aromatic heterocycles. The highest BCUT2D eigenvalue weighted by Gasteiger charge is 2.33. The van der Waals surface area contributed by atoms with Crippen LogP contribution >= 0.6 is 23.4 Å². The minimum Gasteiger partial charge on any atom is -0.325 e. The van der Waals surface area contributed by atoms with Crippen molar-refractivity contribution in [3.8, 4) is 0 Å². The molecule has 0 atom stereocenters.